The summed E-state index contributed by atoms with van der Waals surface area (Å²) in [7, 11) is 0. The van der Waals surface area contributed by atoms with E-state index >= 15 is 0 Å². The fourth-order valence-corrected chi connectivity index (χ4v) is 2.87. The molecule has 1 aliphatic rings. The number of hydrogen-bond donors (Lipinski definition) is 1. The molecule has 0 spiro atoms. The largest absolute Gasteiger partial charge is 0.364 e. The fraction of sp³-hybridized carbons (Fsp3) is 0.688. The highest BCUT2D eigenvalue weighted by Gasteiger charge is 2.29. The molecule has 0 bridgehead atoms. The third kappa shape index (κ3) is 3.27. The molecule has 1 aromatic rings. The summed E-state index contributed by atoms with van der Waals surface area (Å²) in [5.41, 5.74) is 2.52. The van der Waals surface area contributed by atoms with Crippen LogP contribution in [-0.2, 0) is 0 Å². The van der Waals surface area contributed by atoms with E-state index in [2.05, 4.69) is 49.0 Å². The summed E-state index contributed by atoms with van der Waals surface area (Å²) in [6.07, 6.45) is 6.34. The lowest BCUT2D eigenvalue weighted by molar-refractivity contribution is 0.306. The molecular weight excluding hydrogens is 234 g/mol. The highest BCUT2D eigenvalue weighted by Crippen LogP contribution is 2.24. The molecule has 2 rings (SSSR count). The van der Waals surface area contributed by atoms with E-state index < -0.39 is 0 Å². The Morgan fingerprint density at radius 2 is 2.21 bits per heavy atom. The molecule has 19 heavy (non-hydrogen) atoms. The van der Waals surface area contributed by atoms with Crippen LogP contribution in [0.4, 0.5) is 5.69 Å². The second-order valence-corrected chi connectivity index (χ2v) is 5.84. The molecule has 0 aromatic carbocycles. The van der Waals surface area contributed by atoms with Crippen molar-refractivity contribution < 1.29 is 0 Å². The van der Waals surface area contributed by atoms with Gasteiger partial charge in [0, 0.05) is 31.4 Å². The summed E-state index contributed by atoms with van der Waals surface area (Å²) in [6.45, 7) is 11.2. The molecule has 3 heteroatoms. The number of nitrogens with one attached hydrogen (secondary N) is 1. The second kappa shape index (κ2) is 6.38. The summed E-state index contributed by atoms with van der Waals surface area (Å²) in [4.78, 5) is 6.91. The Hall–Kier alpha value is -1.09. The standard InChI is InChI=1S/C16H27N3/c1-5-13(4)16-11-19(14(6-2)10-18-16)15-7-12(3)8-17-9-15/h7-9,13-14,16,18H,5-6,10-11H2,1-4H3. The number of hydrogen-bond acceptors (Lipinski definition) is 3. The molecule has 106 valence electrons. The molecule has 0 saturated carbocycles. The SMILES string of the molecule is CCC(C)C1CN(c2cncc(C)c2)C(CC)CN1. The lowest BCUT2D eigenvalue weighted by Crippen LogP contribution is -2.58. The number of anilines is 1. The van der Waals surface area contributed by atoms with Crippen molar-refractivity contribution in [2.75, 3.05) is 18.0 Å². The van der Waals surface area contributed by atoms with Crippen molar-refractivity contribution in [2.45, 2.75) is 52.6 Å². The topological polar surface area (TPSA) is 28.2 Å². The van der Waals surface area contributed by atoms with Gasteiger partial charge in [-0.2, -0.15) is 0 Å². The maximum Gasteiger partial charge on any atom is 0.0558 e. The average molecular weight is 261 g/mol. The van der Waals surface area contributed by atoms with Gasteiger partial charge in [0.05, 0.1) is 11.9 Å². The highest BCUT2D eigenvalue weighted by atomic mass is 15.2. The second-order valence-electron chi connectivity index (χ2n) is 5.84. The number of nitrogens with zero attached hydrogens (tertiary/aromatic N) is 2. The Kier molecular flexibility index (Phi) is 4.81. The van der Waals surface area contributed by atoms with Crippen LogP contribution < -0.4 is 10.2 Å². The third-order valence-electron chi connectivity index (χ3n) is 4.44. The van der Waals surface area contributed by atoms with Gasteiger partial charge in [0.1, 0.15) is 0 Å². The summed E-state index contributed by atoms with van der Waals surface area (Å²) in [5, 5.41) is 3.72. The highest BCUT2D eigenvalue weighted by molar-refractivity contribution is 5.48. The molecule has 1 aliphatic heterocycles. The summed E-state index contributed by atoms with van der Waals surface area (Å²) in [6, 6.07) is 3.44. The summed E-state index contributed by atoms with van der Waals surface area (Å²) >= 11 is 0. The average Bonchev–Trinajstić information content (AvgIpc) is 2.45. The van der Waals surface area contributed by atoms with Crippen molar-refractivity contribution in [2.24, 2.45) is 5.92 Å². The smallest absolute Gasteiger partial charge is 0.0558 e. The van der Waals surface area contributed by atoms with E-state index in [0.29, 0.717) is 12.1 Å². The van der Waals surface area contributed by atoms with Gasteiger partial charge >= 0.3 is 0 Å². The predicted octanol–water partition coefficient (Wildman–Crippen LogP) is 2.99. The molecule has 0 amide bonds. The minimum atomic E-state index is 0.587. The van der Waals surface area contributed by atoms with Crippen molar-refractivity contribution in [1.29, 1.82) is 0 Å². The van der Waals surface area contributed by atoms with Crippen molar-refractivity contribution in [3.05, 3.63) is 24.0 Å². The van der Waals surface area contributed by atoms with Gasteiger partial charge in [-0.15, -0.1) is 0 Å². The zero-order chi connectivity index (χ0) is 13.8. The predicted molar refractivity (Wildman–Crippen MR) is 81.6 cm³/mol. The van der Waals surface area contributed by atoms with Gasteiger partial charge in [0.2, 0.25) is 0 Å². The van der Waals surface area contributed by atoms with Crippen LogP contribution in [0.5, 0.6) is 0 Å². The number of rotatable bonds is 4. The van der Waals surface area contributed by atoms with Crippen LogP contribution >= 0.6 is 0 Å². The number of aryl methyl sites for hydroxylation is 1. The molecule has 1 N–H and O–H groups in total. The van der Waals surface area contributed by atoms with E-state index in [-0.39, 0.29) is 0 Å². The van der Waals surface area contributed by atoms with Crippen LogP contribution in [-0.4, -0.2) is 30.2 Å². The minimum absolute atomic E-state index is 0.587. The zero-order valence-electron chi connectivity index (χ0n) is 12.7. The monoisotopic (exact) mass is 261 g/mol. The van der Waals surface area contributed by atoms with Crippen LogP contribution in [0, 0.1) is 12.8 Å². The normalized spacial score (nSPS) is 25.4. The maximum absolute atomic E-state index is 4.36. The van der Waals surface area contributed by atoms with Crippen LogP contribution in [0.25, 0.3) is 0 Å². The van der Waals surface area contributed by atoms with Crippen LogP contribution in [0.2, 0.25) is 0 Å². The third-order valence-corrected chi connectivity index (χ3v) is 4.44. The van der Waals surface area contributed by atoms with Crippen LogP contribution in [0.1, 0.15) is 39.2 Å². The maximum atomic E-state index is 4.36. The fourth-order valence-electron chi connectivity index (χ4n) is 2.87. The van der Waals surface area contributed by atoms with Gasteiger partial charge in [0.15, 0.2) is 0 Å². The molecule has 3 atom stereocenters. The summed E-state index contributed by atoms with van der Waals surface area (Å²) < 4.78 is 0. The molecule has 3 unspecified atom stereocenters. The van der Waals surface area contributed by atoms with E-state index in [1.807, 2.05) is 12.4 Å². The Balaban J connectivity index is 2.18. The quantitative estimate of drug-likeness (QED) is 0.903. The molecular formula is C16H27N3. The first-order chi connectivity index (χ1) is 9.15. The number of pyridine rings is 1. The van der Waals surface area contributed by atoms with E-state index in [1.54, 1.807) is 0 Å². The zero-order valence-corrected chi connectivity index (χ0v) is 12.7. The molecule has 0 aliphatic carbocycles. The van der Waals surface area contributed by atoms with Gasteiger partial charge in [0.25, 0.3) is 0 Å². The molecule has 1 saturated heterocycles. The van der Waals surface area contributed by atoms with Crippen LogP contribution in [0.3, 0.4) is 0 Å². The lowest BCUT2D eigenvalue weighted by atomic mass is 9.94. The first-order valence-electron chi connectivity index (χ1n) is 7.57. The van der Waals surface area contributed by atoms with E-state index in [1.165, 1.54) is 24.1 Å². The molecule has 1 fully saturated rings. The number of piperazine rings is 1. The van der Waals surface area contributed by atoms with Gasteiger partial charge in [-0.1, -0.05) is 27.2 Å². The van der Waals surface area contributed by atoms with Crippen LogP contribution in [0.15, 0.2) is 18.5 Å². The molecule has 0 radical (unpaired) electrons. The Morgan fingerprint density at radius 1 is 1.42 bits per heavy atom. The number of aromatic nitrogens is 1. The van der Waals surface area contributed by atoms with E-state index in [9.17, 15) is 0 Å². The van der Waals surface area contributed by atoms with E-state index in [4.69, 9.17) is 0 Å². The first-order valence-corrected chi connectivity index (χ1v) is 7.57. The molecule has 3 nitrogen and oxygen atoms in total. The summed E-state index contributed by atoms with van der Waals surface area (Å²) in [5.74, 6) is 0.720. The van der Waals surface area contributed by atoms with Gasteiger partial charge in [-0.05, 0) is 30.9 Å². The Morgan fingerprint density at radius 3 is 2.84 bits per heavy atom. The van der Waals surface area contributed by atoms with Crippen molar-refractivity contribution in [3.63, 3.8) is 0 Å². The van der Waals surface area contributed by atoms with Gasteiger partial charge < -0.3 is 10.2 Å². The molecule has 2 heterocycles. The van der Waals surface area contributed by atoms with Crippen molar-refractivity contribution in [1.82, 2.24) is 10.3 Å². The Bertz CT molecular complexity index is 405. The first kappa shape index (κ1) is 14.3. The van der Waals surface area contributed by atoms with Gasteiger partial charge in [-0.3, -0.25) is 4.98 Å². The lowest BCUT2D eigenvalue weighted by Gasteiger charge is -2.43. The van der Waals surface area contributed by atoms with Crippen molar-refractivity contribution in [3.8, 4) is 0 Å². The minimum Gasteiger partial charge on any atom is -0.364 e. The van der Waals surface area contributed by atoms with Crippen molar-refractivity contribution >= 4 is 5.69 Å². The van der Waals surface area contributed by atoms with Gasteiger partial charge in [-0.25, -0.2) is 0 Å². The van der Waals surface area contributed by atoms with E-state index in [0.717, 1.165) is 19.0 Å². The molecule has 1 aromatic heterocycles. The Labute approximate surface area is 117 Å².